The average Bonchev–Trinajstić information content (AvgIpc) is 3.57. The van der Waals surface area contributed by atoms with Gasteiger partial charge < -0.3 is 15.0 Å². The van der Waals surface area contributed by atoms with Crippen LogP contribution in [0.15, 0.2) is 60.3 Å². The number of carbonyl (C=O) groups is 1. The van der Waals surface area contributed by atoms with Crippen LogP contribution >= 0.6 is 0 Å². The van der Waals surface area contributed by atoms with Crippen molar-refractivity contribution in [3.05, 3.63) is 60.8 Å². The first-order chi connectivity index (χ1) is 22.2. The van der Waals surface area contributed by atoms with Crippen LogP contribution in [0.25, 0.3) is 5.82 Å². The van der Waals surface area contributed by atoms with Crippen LogP contribution in [-0.2, 0) is 10.0 Å². The maximum atomic E-state index is 14.3. The van der Waals surface area contributed by atoms with E-state index in [9.17, 15) is 26.4 Å². The molecule has 0 unspecified atom stereocenters. The molecule has 1 N–H and O–H groups in total. The van der Waals surface area contributed by atoms with Gasteiger partial charge in [0.2, 0.25) is 5.88 Å². The number of hydrogen-bond acceptors (Lipinski definition) is 9. The van der Waals surface area contributed by atoms with Crippen LogP contribution in [0.5, 0.6) is 5.88 Å². The van der Waals surface area contributed by atoms with E-state index in [1.807, 2.05) is 4.90 Å². The lowest BCUT2D eigenvalue weighted by molar-refractivity contribution is -0.190. The molecule has 1 saturated heterocycles. The van der Waals surface area contributed by atoms with Gasteiger partial charge in [0.15, 0.2) is 10.8 Å². The lowest BCUT2D eigenvalue weighted by Gasteiger charge is -2.34. The zero-order valence-corrected chi connectivity index (χ0v) is 27.1. The monoisotopic (exact) mass is 673 g/mol. The van der Waals surface area contributed by atoms with E-state index in [0.717, 1.165) is 23.6 Å². The molecule has 2 aliphatic heterocycles. The molecule has 0 radical (unpaired) electrons. The van der Waals surface area contributed by atoms with Crippen LogP contribution in [0.3, 0.4) is 0 Å². The fourth-order valence-corrected chi connectivity index (χ4v) is 7.81. The zero-order valence-electron chi connectivity index (χ0n) is 26.3. The predicted octanol–water partition coefficient (Wildman–Crippen LogP) is 5.60. The lowest BCUT2D eigenvalue weighted by atomic mass is 9.93. The van der Waals surface area contributed by atoms with Gasteiger partial charge in [-0.05, 0) is 82.6 Å². The fraction of sp³-hybridized carbons (Fsp3) is 0.500. The van der Waals surface area contributed by atoms with E-state index in [0.29, 0.717) is 30.5 Å². The van der Waals surface area contributed by atoms with Crippen LogP contribution in [0, 0.1) is 11.3 Å². The Hall–Kier alpha value is -4.14. The van der Waals surface area contributed by atoms with E-state index in [1.54, 1.807) is 30.5 Å². The van der Waals surface area contributed by atoms with Crippen LogP contribution in [0.1, 0.15) is 62.7 Å². The Morgan fingerprint density at radius 1 is 1.15 bits per heavy atom. The molecular weight excluding hydrogens is 635 g/mol. The van der Waals surface area contributed by atoms with Crippen molar-refractivity contribution in [3.63, 3.8) is 0 Å². The summed E-state index contributed by atoms with van der Waals surface area (Å²) >= 11 is 0. The molecule has 3 aromatic heterocycles. The Balaban J connectivity index is 1.36. The number of nitrogens with zero attached hydrogens (tertiary/aromatic N) is 6. The molecule has 3 aliphatic rings. The van der Waals surface area contributed by atoms with E-state index < -0.39 is 33.1 Å². The second-order valence-electron chi connectivity index (χ2n) is 13.1. The van der Waals surface area contributed by atoms with Crippen LogP contribution < -0.4 is 15.0 Å². The number of alkyl halides is 3. The number of aromatic nitrogens is 4. The fourth-order valence-electron chi connectivity index (χ4n) is 6.50. The molecule has 0 aromatic carbocycles. The number of nitrogens with one attached hydrogen (secondary N) is 1. The molecule has 252 valence electrons. The molecule has 1 aliphatic carbocycles. The molecule has 0 spiro atoms. The maximum Gasteiger partial charge on any atom is 0.394 e. The van der Waals surface area contributed by atoms with Crippen molar-refractivity contribution in [2.45, 2.75) is 69.1 Å². The van der Waals surface area contributed by atoms with E-state index in [-0.39, 0.29) is 54.8 Å². The van der Waals surface area contributed by atoms with Gasteiger partial charge in [-0.25, -0.2) is 19.0 Å². The van der Waals surface area contributed by atoms with Gasteiger partial charge in [-0.15, -0.1) is 11.7 Å². The highest BCUT2D eigenvalue weighted by atomic mass is 32.2. The van der Waals surface area contributed by atoms with Gasteiger partial charge in [0.05, 0.1) is 24.1 Å². The number of fused-ring (bicyclic) bond motifs is 6. The first-order valence-electron chi connectivity index (χ1n) is 15.7. The highest BCUT2D eigenvalue weighted by molar-refractivity contribution is 7.89. The minimum absolute atomic E-state index is 0.0857. The second kappa shape index (κ2) is 12.1. The number of rotatable bonds is 7. The highest BCUT2D eigenvalue weighted by Crippen LogP contribution is 2.59. The first-order valence-corrected chi connectivity index (χ1v) is 17.1. The van der Waals surface area contributed by atoms with E-state index in [4.69, 9.17) is 9.72 Å². The SMILES string of the molecule is C=CCN1C(=O)c2ccc(-n3ccc(OCCC4(C(F)(F)F)CC4)n3)nc2N2C[C@@H](CCCNc3cccc(n3)S1(=O)=O)CC2(C)C. The summed E-state index contributed by atoms with van der Waals surface area (Å²) in [5, 5.41) is 7.32. The van der Waals surface area contributed by atoms with Gasteiger partial charge in [0.1, 0.15) is 11.6 Å². The molecule has 15 heteroatoms. The summed E-state index contributed by atoms with van der Waals surface area (Å²) in [7, 11) is -4.39. The Labute approximate surface area is 271 Å². The summed E-state index contributed by atoms with van der Waals surface area (Å²) in [6.07, 6.45) is 1.27. The van der Waals surface area contributed by atoms with Gasteiger partial charge in [0.25, 0.3) is 15.9 Å². The number of anilines is 2. The Morgan fingerprint density at radius 3 is 2.66 bits per heavy atom. The van der Waals surface area contributed by atoms with Crippen molar-refractivity contribution in [2.24, 2.45) is 11.3 Å². The summed E-state index contributed by atoms with van der Waals surface area (Å²) in [4.78, 5) is 25.5. The first kappa shape index (κ1) is 32.8. The number of sulfonamides is 1. The Kier molecular flexibility index (Phi) is 8.47. The number of carbonyl (C=O) groups excluding carboxylic acids is 1. The smallest absolute Gasteiger partial charge is 0.394 e. The van der Waals surface area contributed by atoms with Gasteiger partial charge in [-0.3, -0.25) is 4.79 Å². The molecule has 5 heterocycles. The van der Waals surface area contributed by atoms with Crippen molar-refractivity contribution >= 4 is 27.6 Å². The van der Waals surface area contributed by atoms with Crippen LogP contribution in [0.2, 0.25) is 0 Å². The van der Waals surface area contributed by atoms with Crippen molar-refractivity contribution in [1.29, 1.82) is 0 Å². The van der Waals surface area contributed by atoms with Crippen molar-refractivity contribution in [2.75, 3.05) is 36.5 Å². The largest absolute Gasteiger partial charge is 0.477 e. The van der Waals surface area contributed by atoms with E-state index in [2.05, 4.69) is 35.8 Å². The Morgan fingerprint density at radius 2 is 1.94 bits per heavy atom. The molecular formula is C32H38F3N7O4S. The van der Waals surface area contributed by atoms with Gasteiger partial charge in [0, 0.05) is 30.9 Å². The van der Waals surface area contributed by atoms with Crippen molar-refractivity contribution < 1.29 is 31.1 Å². The highest BCUT2D eigenvalue weighted by Gasteiger charge is 2.62. The maximum absolute atomic E-state index is 14.3. The lowest BCUT2D eigenvalue weighted by Crippen LogP contribution is -2.42. The molecule has 1 amide bonds. The molecule has 4 bridgehead atoms. The molecule has 11 nitrogen and oxygen atoms in total. The third-order valence-corrected chi connectivity index (χ3v) is 10.9. The van der Waals surface area contributed by atoms with E-state index in [1.165, 1.54) is 22.9 Å². The van der Waals surface area contributed by atoms with Crippen LogP contribution in [-0.4, -0.2) is 76.3 Å². The molecule has 1 atom stereocenters. The third-order valence-electron chi connectivity index (χ3n) is 9.29. The van der Waals surface area contributed by atoms with Crippen molar-refractivity contribution in [3.8, 4) is 11.7 Å². The zero-order chi connectivity index (χ0) is 33.6. The number of amides is 1. The van der Waals surface area contributed by atoms with Crippen molar-refractivity contribution in [1.82, 2.24) is 24.1 Å². The summed E-state index contributed by atoms with van der Waals surface area (Å²) in [5.41, 5.74) is -2.00. The van der Waals surface area contributed by atoms with Crippen LogP contribution in [0.4, 0.5) is 24.8 Å². The third kappa shape index (κ3) is 6.41. The number of halogens is 3. The van der Waals surface area contributed by atoms with Gasteiger partial charge >= 0.3 is 6.18 Å². The summed E-state index contributed by atoms with van der Waals surface area (Å²) in [6.45, 7) is 8.59. The Bertz CT molecular complexity index is 1770. The average molecular weight is 674 g/mol. The van der Waals surface area contributed by atoms with Gasteiger partial charge in [-0.2, -0.15) is 21.6 Å². The molecule has 47 heavy (non-hydrogen) atoms. The summed E-state index contributed by atoms with van der Waals surface area (Å²) in [6, 6.07) is 9.24. The minimum Gasteiger partial charge on any atom is -0.477 e. The summed E-state index contributed by atoms with van der Waals surface area (Å²) in [5.74, 6) is 0.685. The molecule has 6 rings (SSSR count). The standard InChI is InChI=1S/C32H38F3N7O4S/c1-4-17-42-29(43)23-10-11-25(41-18-12-26(39-41)46-19-15-31(13-14-31)32(33,34)35)38-28(23)40-21-22(20-30(40,2)3)7-6-16-36-24-8-5-9-27(37-24)47(42,44)45/h4-5,8-12,18,22H,1,6-7,13-17,19-21H2,2-3H3,(H,36,37)/t22-/m0/s1. The molecule has 1 saturated carbocycles. The second-order valence-corrected chi connectivity index (χ2v) is 14.9. The predicted molar refractivity (Wildman–Crippen MR) is 169 cm³/mol. The topological polar surface area (TPSA) is 123 Å². The normalized spacial score (nSPS) is 21.6. The number of hydrogen-bond donors (Lipinski definition) is 1. The summed E-state index contributed by atoms with van der Waals surface area (Å²) < 4.78 is 75.5. The minimum atomic E-state index is -4.39. The number of ether oxygens (including phenoxy) is 1. The van der Waals surface area contributed by atoms with Gasteiger partial charge in [-0.1, -0.05) is 12.1 Å². The molecule has 3 aromatic rings. The van der Waals surface area contributed by atoms with E-state index >= 15 is 0 Å². The number of pyridine rings is 2. The quantitative estimate of drug-likeness (QED) is 0.320. The molecule has 2 fully saturated rings.